The Balaban J connectivity index is 3.96. The highest BCUT2D eigenvalue weighted by atomic mass is 28.4. The highest BCUT2D eigenvalue weighted by molar-refractivity contribution is 6.85. The third-order valence-corrected chi connectivity index (χ3v) is 23.5. The van der Waals surface area contributed by atoms with Crippen LogP contribution >= 0.6 is 0 Å². The maximum Gasteiger partial charge on any atom is 0.173 e. The van der Waals surface area contributed by atoms with E-state index in [9.17, 15) is 20.4 Å². The zero-order valence-corrected chi connectivity index (χ0v) is 37.3. The van der Waals surface area contributed by atoms with Crippen molar-refractivity contribution < 1.29 is 47.6 Å². The zero-order chi connectivity index (χ0) is 37.4. The Morgan fingerprint density at radius 3 is 0.918 bits per heavy atom. The van der Waals surface area contributed by atoms with Crippen LogP contribution in [0.25, 0.3) is 0 Å². The molecule has 10 nitrogen and oxygen atoms in total. The molecule has 0 heterocycles. The molecule has 0 amide bonds. The molecule has 0 rings (SSSR count). The van der Waals surface area contributed by atoms with Crippen LogP contribution in [0.4, 0.5) is 0 Å². The van der Waals surface area contributed by atoms with Gasteiger partial charge in [0.1, 0.15) is 7.28 Å². The Bertz CT molecular complexity index is 736. The van der Waals surface area contributed by atoms with Crippen molar-refractivity contribution in [2.75, 3.05) is 52.9 Å². The quantitative estimate of drug-likeness (QED) is 0.0438. The molecule has 4 atom stereocenters. The summed E-state index contributed by atoms with van der Waals surface area (Å²) in [6.07, 6.45) is 4.25. The summed E-state index contributed by atoms with van der Waals surface area (Å²) in [4.78, 5) is 0. The first-order valence-corrected chi connectivity index (χ1v) is 31.5. The highest BCUT2D eigenvalue weighted by Crippen LogP contribution is 2.25. The molecule has 49 heavy (non-hydrogen) atoms. The Morgan fingerprint density at radius 2 is 0.673 bits per heavy atom. The number of hydrogen-bond acceptors (Lipinski definition) is 10. The second-order valence-electron chi connectivity index (χ2n) is 16.1. The van der Waals surface area contributed by atoms with Gasteiger partial charge < -0.3 is 47.6 Å². The van der Waals surface area contributed by atoms with Crippen molar-refractivity contribution in [2.45, 2.75) is 166 Å². The van der Waals surface area contributed by atoms with Crippen molar-refractivity contribution in [3.63, 3.8) is 0 Å². The average molecular weight is 770 g/mol. The summed E-state index contributed by atoms with van der Waals surface area (Å²) in [5, 5.41) is 39.9. The topological polar surface area (TPSA) is 136 Å². The van der Waals surface area contributed by atoms with Crippen LogP contribution in [0.3, 0.4) is 0 Å². The molecule has 0 aromatic heterocycles. The van der Waals surface area contributed by atoms with Crippen molar-refractivity contribution in [3.05, 3.63) is 0 Å². The number of aliphatic hydroxyl groups excluding tert-OH is 4. The van der Waals surface area contributed by atoms with Crippen LogP contribution in [0.2, 0.25) is 89.2 Å². The summed E-state index contributed by atoms with van der Waals surface area (Å²) >= 11 is 0. The first-order chi connectivity index (χ1) is 22.8. The van der Waals surface area contributed by atoms with Crippen LogP contribution in [0.5, 0.6) is 0 Å². The fourth-order valence-corrected chi connectivity index (χ4v) is 23.4. The van der Waals surface area contributed by atoms with Gasteiger partial charge >= 0.3 is 0 Å². The van der Waals surface area contributed by atoms with Gasteiger partial charge in [0.2, 0.25) is 0 Å². The van der Waals surface area contributed by atoms with E-state index in [1.54, 1.807) is 0 Å². The minimum atomic E-state index is -1.81. The molecule has 0 saturated carbocycles. The molecule has 0 aliphatic carbocycles. The molecule has 0 aliphatic heterocycles. The third kappa shape index (κ3) is 30.7. The summed E-state index contributed by atoms with van der Waals surface area (Å²) in [5.41, 5.74) is 0. The van der Waals surface area contributed by atoms with Crippen molar-refractivity contribution in [3.8, 4) is 0 Å². The maximum absolute atomic E-state index is 10.3. The predicted octanol–water partition coefficient (Wildman–Crippen LogP) is 6.27. The third-order valence-electron chi connectivity index (χ3n) is 8.44. The number of ether oxygens (including phenoxy) is 4. The van der Waals surface area contributed by atoms with Crippen LogP contribution in [-0.2, 0) is 27.2 Å². The number of hydrogen-bond donors (Lipinski definition) is 4. The summed E-state index contributed by atoms with van der Waals surface area (Å²) in [6, 6.07) is 4.13. The van der Waals surface area contributed by atoms with E-state index >= 15 is 0 Å². The maximum atomic E-state index is 10.3. The van der Waals surface area contributed by atoms with Crippen molar-refractivity contribution >= 4 is 40.5 Å². The van der Waals surface area contributed by atoms with Gasteiger partial charge in [0.05, 0.1) is 50.8 Å². The molecular weight excluding hydrogens is 692 g/mol. The Morgan fingerprint density at radius 1 is 0.429 bits per heavy atom. The minimum Gasteiger partial charge on any atom is -0.455 e. The molecule has 15 heteroatoms. The fourth-order valence-electron chi connectivity index (χ4n) is 5.83. The first-order valence-electron chi connectivity index (χ1n) is 19.1. The molecular formula is C34H78BO10Si4. The lowest BCUT2D eigenvalue weighted by molar-refractivity contribution is 0.0351. The Kier molecular flexibility index (Phi) is 27.5. The predicted molar refractivity (Wildman–Crippen MR) is 213 cm³/mol. The lowest BCUT2D eigenvalue weighted by atomic mass is 9.67. The molecule has 1 radical (unpaired) electrons. The highest BCUT2D eigenvalue weighted by Gasteiger charge is 2.33. The fraction of sp³-hybridized carbons (Fsp3) is 1.00. The molecule has 0 spiro atoms. The van der Waals surface area contributed by atoms with E-state index in [-0.39, 0.29) is 25.4 Å². The van der Waals surface area contributed by atoms with Gasteiger partial charge in [-0.15, -0.1) is 0 Å². The van der Waals surface area contributed by atoms with E-state index in [0.717, 1.165) is 62.7 Å². The van der Waals surface area contributed by atoms with Gasteiger partial charge in [-0.05, 0) is 115 Å². The molecule has 4 N–H and O–H groups in total. The van der Waals surface area contributed by atoms with E-state index in [0.29, 0.717) is 52.3 Å². The zero-order valence-electron chi connectivity index (χ0n) is 33.3. The molecule has 293 valence electrons. The molecule has 4 unspecified atom stereocenters. The molecule has 0 saturated heterocycles. The largest absolute Gasteiger partial charge is 0.455 e. The molecule has 0 aromatic rings. The van der Waals surface area contributed by atoms with E-state index < -0.39 is 45.5 Å². The Labute approximate surface area is 306 Å². The smallest absolute Gasteiger partial charge is 0.173 e. The second kappa shape index (κ2) is 27.2. The molecule has 0 aliphatic rings. The van der Waals surface area contributed by atoms with Crippen LogP contribution in [0, 0.1) is 0 Å². The van der Waals surface area contributed by atoms with E-state index in [1.165, 1.54) is 0 Å². The van der Waals surface area contributed by atoms with Gasteiger partial charge in [-0.2, -0.15) is 0 Å². The minimum absolute atomic E-state index is 0.289. The normalized spacial score (nSPS) is 15.7. The van der Waals surface area contributed by atoms with Crippen molar-refractivity contribution in [2.24, 2.45) is 0 Å². The number of aliphatic hydroxyl groups is 4. The molecule has 0 bridgehead atoms. The molecule has 0 fully saturated rings. The van der Waals surface area contributed by atoms with Gasteiger partial charge in [0, 0.05) is 26.4 Å². The van der Waals surface area contributed by atoms with Gasteiger partial charge in [0.25, 0.3) is 0 Å². The summed E-state index contributed by atoms with van der Waals surface area (Å²) in [5.74, 6) is 0. The van der Waals surface area contributed by atoms with Crippen molar-refractivity contribution in [1.29, 1.82) is 0 Å². The van der Waals surface area contributed by atoms with Crippen LogP contribution in [0.1, 0.15) is 52.4 Å². The second-order valence-corrected chi connectivity index (χ2v) is 33.9. The van der Waals surface area contributed by atoms with Gasteiger partial charge in [0.15, 0.2) is 33.3 Å². The summed E-state index contributed by atoms with van der Waals surface area (Å²) in [7, 11) is -5.25. The lowest BCUT2D eigenvalue weighted by Gasteiger charge is -2.34. The van der Waals surface area contributed by atoms with Gasteiger partial charge in [-0.1, -0.05) is 26.5 Å². The first kappa shape index (κ1) is 49.5. The summed E-state index contributed by atoms with van der Waals surface area (Å²) < 4.78 is 36.1. The van der Waals surface area contributed by atoms with E-state index in [1.807, 2.05) is 21.1 Å². The van der Waals surface area contributed by atoms with Crippen LogP contribution in [0.15, 0.2) is 0 Å². The average Bonchev–Trinajstić information content (AvgIpc) is 2.98. The van der Waals surface area contributed by atoms with Gasteiger partial charge in [-0.3, -0.25) is 0 Å². The van der Waals surface area contributed by atoms with Crippen LogP contribution < -0.4 is 0 Å². The Hall–Kier alpha value is 0.532. The molecule has 0 aromatic carbocycles. The van der Waals surface area contributed by atoms with Gasteiger partial charge in [-0.25, -0.2) is 0 Å². The van der Waals surface area contributed by atoms with E-state index in [2.05, 4.69) is 52.4 Å². The van der Waals surface area contributed by atoms with E-state index in [4.69, 9.17) is 27.2 Å². The summed E-state index contributed by atoms with van der Waals surface area (Å²) in [6.45, 7) is 26.1. The lowest BCUT2D eigenvalue weighted by Crippen LogP contribution is -2.44. The standard InChI is InChI=1S/C34H78BO10Si4/c1-11-31(36)27-40-17-13-21-46(3,4)44-48(7,8)23-15-19-42-29-33(38)25-35-26-34(39)30-43-20-16-24-49(9,10)45-47(5,6)22-14-18-41-28-32(37)12-2/h31-34,36-39H,11-30H2,1-10H3. The monoisotopic (exact) mass is 769 g/mol. The van der Waals surface area contributed by atoms with Crippen molar-refractivity contribution in [1.82, 2.24) is 0 Å². The van der Waals surface area contributed by atoms with Crippen LogP contribution in [-0.4, -0.2) is 138 Å². The SMILES string of the molecule is CCC(O)COCCC[Si](C)(C)O[Si](C)(C)CCCOCC(O)C[B]CC(O)COCCC[Si](C)(C)O[Si](C)(C)CCCOCC(O)CC. The number of rotatable bonds is 34.